The van der Waals surface area contributed by atoms with E-state index in [1.54, 1.807) is 24.5 Å². The van der Waals surface area contributed by atoms with Crippen molar-refractivity contribution < 1.29 is 21.8 Å². The summed E-state index contributed by atoms with van der Waals surface area (Å²) in [5, 5.41) is 2.49. The summed E-state index contributed by atoms with van der Waals surface area (Å²) < 4.78 is 56.0. The molecule has 0 saturated carbocycles. The summed E-state index contributed by atoms with van der Waals surface area (Å²) in [6.07, 6.45) is 19.3. The average Bonchev–Trinajstić information content (AvgIpc) is 3.32. The van der Waals surface area contributed by atoms with Gasteiger partial charge in [-0.3, -0.25) is 9.53 Å². The van der Waals surface area contributed by atoms with E-state index < -0.39 is 27.1 Å². The Morgan fingerprint density at radius 1 is 1.09 bits per heavy atom. The van der Waals surface area contributed by atoms with E-state index in [1.165, 1.54) is 13.3 Å². The maximum atomic E-state index is 14.3. The van der Waals surface area contributed by atoms with Gasteiger partial charge in [-0.25, -0.2) is 13.4 Å². The molecular formula is C35H38FN3O4S2. The molecule has 45 heavy (non-hydrogen) atoms. The molecule has 0 radical (unpaired) electrons. The summed E-state index contributed by atoms with van der Waals surface area (Å²) in [6, 6.07) is 14.3. The Kier molecular flexibility index (Phi) is 10.2. The van der Waals surface area contributed by atoms with Crippen molar-refractivity contribution >= 4 is 32.0 Å². The number of nitrogens with zero attached hydrogens (tertiary/aromatic N) is 2. The molecule has 3 aliphatic rings. The van der Waals surface area contributed by atoms with Gasteiger partial charge in [0.25, 0.3) is 6.48 Å². The minimum Gasteiger partial charge on any atom is -0.447 e. The van der Waals surface area contributed by atoms with Crippen molar-refractivity contribution in [3.8, 4) is 5.75 Å². The normalized spacial score (nSPS) is 19.6. The maximum Gasteiger partial charge on any atom is 0.296 e. The number of halogens is 1. The minimum absolute atomic E-state index is 0.0274. The second-order valence-electron chi connectivity index (χ2n) is 11.2. The molecule has 0 aromatic heterocycles. The van der Waals surface area contributed by atoms with Crippen LogP contribution in [0.5, 0.6) is 5.75 Å². The summed E-state index contributed by atoms with van der Waals surface area (Å²) in [5.41, 5.74) is 5.71. The molecule has 10 heteroatoms. The molecule has 0 spiro atoms. The Labute approximate surface area is 267 Å². The first-order valence-electron chi connectivity index (χ1n) is 14.8. The van der Waals surface area contributed by atoms with Crippen LogP contribution in [0.15, 0.2) is 123 Å². The van der Waals surface area contributed by atoms with Crippen LogP contribution >= 0.6 is 0 Å². The number of aliphatic imine (C=N–C) groups is 1. The lowest BCUT2D eigenvalue weighted by Crippen LogP contribution is -2.37. The van der Waals surface area contributed by atoms with E-state index in [4.69, 9.17) is 9.73 Å². The van der Waals surface area contributed by atoms with Crippen molar-refractivity contribution in [3.05, 3.63) is 124 Å². The Bertz CT molecular complexity index is 1800. The third-order valence-electron chi connectivity index (χ3n) is 8.01. The molecule has 2 bridgehead atoms. The highest BCUT2D eigenvalue weighted by molar-refractivity contribution is 7.90. The number of sulfone groups is 1. The number of alkyl halides is 1. The average molecular weight is 648 g/mol. The van der Waals surface area contributed by atoms with Crippen LogP contribution in [0, 0.1) is 5.92 Å². The van der Waals surface area contributed by atoms with E-state index in [2.05, 4.69) is 29.3 Å². The fourth-order valence-corrected chi connectivity index (χ4v) is 6.67. The maximum absolute atomic E-state index is 14.3. The quantitative estimate of drug-likeness (QED) is 0.219. The molecule has 7 nitrogen and oxygen atoms in total. The van der Waals surface area contributed by atoms with Crippen LogP contribution in [-0.4, -0.2) is 49.4 Å². The zero-order valence-electron chi connectivity index (χ0n) is 25.9. The smallest absolute Gasteiger partial charge is 0.296 e. The van der Waals surface area contributed by atoms with Crippen molar-refractivity contribution in [2.45, 2.75) is 44.1 Å². The van der Waals surface area contributed by atoms with Crippen LogP contribution < -0.4 is 10.1 Å². The van der Waals surface area contributed by atoms with Crippen LogP contribution in [-0.2, 0) is 27.2 Å². The monoisotopic (exact) mass is 647 g/mol. The van der Waals surface area contributed by atoms with Gasteiger partial charge in [0.15, 0.2) is 9.84 Å². The van der Waals surface area contributed by atoms with Crippen molar-refractivity contribution in [1.29, 1.82) is 0 Å². The fourth-order valence-electron chi connectivity index (χ4n) is 5.45. The highest BCUT2D eigenvalue weighted by atomic mass is 32.2. The van der Waals surface area contributed by atoms with E-state index in [0.717, 1.165) is 50.8 Å². The van der Waals surface area contributed by atoms with Gasteiger partial charge < -0.3 is 9.64 Å². The number of allylic oxidation sites excluding steroid dienone is 9. The molecule has 2 aromatic rings. The van der Waals surface area contributed by atoms with Crippen LogP contribution in [0.3, 0.4) is 0 Å². The lowest BCUT2D eigenvalue weighted by molar-refractivity contribution is 0.0415. The Morgan fingerprint density at radius 2 is 1.84 bits per heavy atom. The van der Waals surface area contributed by atoms with E-state index in [1.807, 2.05) is 60.7 Å². The number of fused-ring (bicyclic) bond motifs is 2. The van der Waals surface area contributed by atoms with Gasteiger partial charge in [-0.1, -0.05) is 67.1 Å². The summed E-state index contributed by atoms with van der Waals surface area (Å²) in [6.45, 7) is 0.870. The minimum atomic E-state index is -3.32. The SMILES string of the molecule is CNC(F)Oc1ccccc1CN1C2=CC(c3ccc(S(C)(=O)=O)cc3)=CC=C(N=C1CCC1=CCC=C(S(C)=O)C=C1)C2C. The lowest BCUT2D eigenvalue weighted by Gasteiger charge is -2.37. The first kappa shape index (κ1) is 32.5. The van der Waals surface area contributed by atoms with Crippen molar-refractivity contribution in [3.63, 3.8) is 0 Å². The molecule has 236 valence electrons. The molecule has 1 aliphatic heterocycles. The zero-order chi connectivity index (χ0) is 32.1. The summed E-state index contributed by atoms with van der Waals surface area (Å²) >= 11 is 0. The number of para-hydroxylation sites is 1. The highest BCUT2D eigenvalue weighted by Crippen LogP contribution is 2.38. The van der Waals surface area contributed by atoms with Gasteiger partial charge in [0.1, 0.15) is 11.6 Å². The molecule has 0 saturated heterocycles. The molecule has 5 rings (SSSR count). The van der Waals surface area contributed by atoms with Crippen LogP contribution in [0.25, 0.3) is 5.57 Å². The largest absolute Gasteiger partial charge is 0.447 e. The van der Waals surface area contributed by atoms with Gasteiger partial charge in [-0.2, -0.15) is 4.39 Å². The van der Waals surface area contributed by atoms with Crippen molar-refractivity contribution in [2.75, 3.05) is 19.6 Å². The van der Waals surface area contributed by atoms with E-state index in [9.17, 15) is 17.0 Å². The number of ether oxygens (including phenoxy) is 1. The molecule has 1 N–H and O–H groups in total. The molecule has 2 aromatic carbocycles. The number of hydrogen-bond donors (Lipinski definition) is 1. The van der Waals surface area contributed by atoms with Gasteiger partial charge in [0.2, 0.25) is 0 Å². The molecule has 0 amide bonds. The van der Waals surface area contributed by atoms with Gasteiger partial charge in [0.05, 0.1) is 17.1 Å². The van der Waals surface area contributed by atoms with E-state index >= 15 is 0 Å². The summed E-state index contributed by atoms with van der Waals surface area (Å²) in [4.78, 5) is 8.43. The molecule has 2 aliphatic carbocycles. The van der Waals surface area contributed by atoms with Gasteiger partial charge in [-0.15, -0.1) is 0 Å². The zero-order valence-corrected chi connectivity index (χ0v) is 27.5. The van der Waals surface area contributed by atoms with Crippen LogP contribution in [0.4, 0.5) is 4.39 Å². The molecule has 1 heterocycles. The molecule has 3 unspecified atom stereocenters. The number of nitrogens with one attached hydrogen (secondary N) is 1. The third kappa shape index (κ3) is 7.87. The highest BCUT2D eigenvalue weighted by Gasteiger charge is 2.31. The topological polar surface area (TPSA) is 88.1 Å². The van der Waals surface area contributed by atoms with E-state index in [-0.39, 0.29) is 10.8 Å². The molecular weight excluding hydrogens is 610 g/mol. The summed E-state index contributed by atoms with van der Waals surface area (Å²) in [7, 11) is -2.86. The fraction of sp³-hybridized carbons (Fsp3) is 0.286. The van der Waals surface area contributed by atoms with Crippen LogP contribution in [0.2, 0.25) is 0 Å². The van der Waals surface area contributed by atoms with E-state index in [0.29, 0.717) is 25.1 Å². The van der Waals surface area contributed by atoms with Crippen LogP contribution in [0.1, 0.15) is 37.3 Å². The number of hydrogen-bond acceptors (Lipinski definition) is 7. The predicted octanol–water partition coefficient (Wildman–Crippen LogP) is 6.59. The third-order valence-corrected chi connectivity index (χ3v) is 10.1. The van der Waals surface area contributed by atoms with Gasteiger partial charge in [-0.05, 0) is 67.5 Å². The molecule has 3 atom stereocenters. The van der Waals surface area contributed by atoms with Gasteiger partial charge >= 0.3 is 0 Å². The first-order chi connectivity index (χ1) is 21.5. The van der Waals surface area contributed by atoms with Crippen molar-refractivity contribution in [1.82, 2.24) is 10.2 Å². The van der Waals surface area contributed by atoms with Crippen molar-refractivity contribution in [2.24, 2.45) is 10.9 Å². The number of benzene rings is 2. The number of rotatable bonds is 11. The Balaban J connectivity index is 1.51. The predicted molar refractivity (Wildman–Crippen MR) is 180 cm³/mol. The summed E-state index contributed by atoms with van der Waals surface area (Å²) in [5.74, 6) is 1.29. The standard InChI is InChI=1S/C35H38FN3O4S2/c1-24-31-20-16-27(26-14-18-30(19-15-26)45(4,41)42)22-32(24)39(23-28-9-5-6-11-33(28)43-35(36)37-2)34(38-31)21-13-25-8-7-10-29(17-12-25)44(3)40/h5-6,8-12,14-20,22,24,35,37H,7,13,21,23H2,1-4H3. The lowest BCUT2D eigenvalue weighted by atomic mass is 9.96. The Hall–Kier alpha value is -3.86. The second kappa shape index (κ2) is 14.1. The number of amidine groups is 1. The Morgan fingerprint density at radius 3 is 2.56 bits per heavy atom. The first-order valence-corrected chi connectivity index (χ1v) is 18.2. The second-order valence-corrected chi connectivity index (χ2v) is 14.5. The van der Waals surface area contributed by atoms with Gasteiger partial charge in [0, 0.05) is 51.8 Å². The molecule has 0 fully saturated rings.